The number of amides is 1. The van der Waals surface area contributed by atoms with E-state index in [1.807, 2.05) is 6.08 Å². The number of allylic oxidation sites excluding steroid dienone is 5. The topological polar surface area (TPSA) is 175 Å². The average Bonchev–Trinajstić information content (AvgIpc) is 3.68. The van der Waals surface area contributed by atoms with Crippen LogP contribution in [-0.4, -0.2) is 99.6 Å². The molecule has 8 atom stereocenters. The van der Waals surface area contributed by atoms with Crippen molar-refractivity contribution in [2.75, 3.05) is 13.2 Å². The van der Waals surface area contributed by atoms with Gasteiger partial charge in [0.1, 0.15) is 24.4 Å². The van der Waals surface area contributed by atoms with Crippen LogP contribution >= 0.6 is 0 Å². The van der Waals surface area contributed by atoms with Crippen LogP contribution in [0.25, 0.3) is 0 Å². The molecule has 482 valence electrons. The number of unbranched alkanes of at least 4 members (excludes halogenated alkanes) is 43. The molecule has 0 saturated carbocycles. The lowest BCUT2D eigenvalue weighted by Crippen LogP contribution is -2.61. The third kappa shape index (κ3) is 46.1. The summed E-state index contributed by atoms with van der Waals surface area (Å²) in [5.41, 5.74) is 0. The van der Waals surface area contributed by atoms with Crippen LogP contribution in [0.4, 0.5) is 0 Å². The van der Waals surface area contributed by atoms with Crippen molar-refractivity contribution in [3.63, 3.8) is 0 Å². The second-order valence-electron chi connectivity index (χ2n) is 24.6. The number of esters is 1. The van der Waals surface area contributed by atoms with E-state index in [1.165, 1.54) is 225 Å². The maximum Gasteiger partial charge on any atom is 0.306 e. The molecule has 0 bridgehead atoms. The molecule has 6 N–H and O–H groups in total. The molecule has 82 heavy (non-hydrogen) atoms. The van der Waals surface area contributed by atoms with Gasteiger partial charge in [0, 0.05) is 6.42 Å². The standard InChI is InChI=1S/C71H133NO10/c1-4-7-10-13-16-19-22-25-27-29-31-32-33-34-35-37-39-41-44-47-50-53-56-59-66(76)82-69-68(78)67(77)65(60-73)81-71(69)80-61-62(63(74)57-54-51-48-45-42-24-21-18-15-12-9-6-3)72-70(79)64(75)58-55-52-49-46-43-40-38-36-30-28-26-23-20-17-14-11-8-5-2/h17,20,26,28,54,57,62-65,67-69,71,73-75,77-78H,4-16,18-19,21-25,27,29-53,55-56,58-61H2,1-3H3,(H,72,79)/b20-17-,28-26-,57-54+. The first kappa shape index (κ1) is 77.9. The molecular weight excluding hydrogens is 1030 g/mol. The van der Waals surface area contributed by atoms with Crippen LogP contribution < -0.4 is 5.32 Å². The van der Waals surface area contributed by atoms with Crippen LogP contribution in [0.2, 0.25) is 0 Å². The lowest BCUT2D eigenvalue weighted by molar-refractivity contribution is -0.305. The number of aliphatic hydroxyl groups is 5. The van der Waals surface area contributed by atoms with Crippen molar-refractivity contribution in [3.8, 4) is 0 Å². The van der Waals surface area contributed by atoms with Crippen molar-refractivity contribution in [1.82, 2.24) is 5.32 Å². The average molecular weight is 1160 g/mol. The first-order chi connectivity index (χ1) is 40.2. The van der Waals surface area contributed by atoms with E-state index in [2.05, 4.69) is 50.4 Å². The minimum Gasteiger partial charge on any atom is -0.454 e. The van der Waals surface area contributed by atoms with Crippen molar-refractivity contribution in [1.29, 1.82) is 0 Å². The molecule has 11 heteroatoms. The summed E-state index contributed by atoms with van der Waals surface area (Å²) in [6.45, 7) is 5.81. The Kier molecular flexibility index (Phi) is 56.3. The van der Waals surface area contributed by atoms with Crippen LogP contribution in [-0.2, 0) is 23.8 Å². The first-order valence-electron chi connectivity index (χ1n) is 35.3. The smallest absolute Gasteiger partial charge is 0.306 e. The van der Waals surface area contributed by atoms with Crippen molar-refractivity contribution >= 4 is 11.9 Å². The van der Waals surface area contributed by atoms with Gasteiger partial charge in [-0.25, -0.2) is 0 Å². The Morgan fingerprint density at radius 2 is 0.841 bits per heavy atom. The summed E-state index contributed by atoms with van der Waals surface area (Å²) in [7, 11) is 0. The number of ether oxygens (including phenoxy) is 3. The van der Waals surface area contributed by atoms with Gasteiger partial charge in [-0.15, -0.1) is 0 Å². The Morgan fingerprint density at radius 3 is 1.27 bits per heavy atom. The number of carbonyl (C=O) groups is 2. The normalized spacial score (nSPS) is 18.8. The third-order valence-electron chi connectivity index (χ3n) is 16.8. The van der Waals surface area contributed by atoms with E-state index < -0.39 is 67.4 Å². The fourth-order valence-electron chi connectivity index (χ4n) is 11.2. The van der Waals surface area contributed by atoms with Crippen LogP contribution in [0.3, 0.4) is 0 Å². The highest BCUT2D eigenvalue weighted by Crippen LogP contribution is 2.26. The van der Waals surface area contributed by atoms with E-state index in [9.17, 15) is 35.1 Å². The van der Waals surface area contributed by atoms with E-state index in [4.69, 9.17) is 14.2 Å². The van der Waals surface area contributed by atoms with E-state index in [1.54, 1.807) is 6.08 Å². The van der Waals surface area contributed by atoms with Gasteiger partial charge >= 0.3 is 5.97 Å². The van der Waals surface area contributed by atoms with Gasteiger partial charge < -0.3 is 45.1 Å². The number of carbonyl (C=O) groups excluding carboxylic acids is 2. The Bertz CT molecular complexity index is 1470. The molecule has 0 aliphatic carbocycles. The molecule has 0 spiro atoms. The predicted molar refractivity (Wildman–Crippen MR) is 343 cm³/mol. The van der Waals surface area contributed by atoms with Gasteiger partial charge in [-0.3, -0.25) is 9.59 Å². The van der Waals surface area contributed by atoms with E-state index in [0.717, 1.165) is 70.6 Å². The van der Waals surface area contributed by atoms with Gasteiger partial charge in [0.2, 0.25) is 5.91 Å². The second-order valence-corrected chi connectivity index (χ2v) is 24.6. The molecule has 1 aliphatic heterocycles. The van der Waals surface area contributed by atoms with Crippen molar-refractivity contribution < 1.29 is 49.3 Å². The zero-order chi connectivity index (χ0) is 59.6. The van der Waals surface area contributed by atoms with Crippen molar-refractivity contribution in [2.45, 2.75) is 391 Å². The summed E-state index contributed by atoms with van der Waals surface area (Å²) in [6.07, 6.45) is 61.9. The van der Waals surface area contributed by atoms with E-state index >= 15 is 0 Å². The van der Waals surface area contributed by atoms with Crippen molar-refractivity contribution in [2.24, 2.45) is 0 Å². The zero-order valence-electron chi connectivity index (χ0n) is 53.6. The molecule has 11 nitrogen and oxygen atoms in total. The molecule has 1 amide bonds. The first-order valence-corrected chi connectivity index (χ1v) is 35.3. The van der Waals surface area contributed by atoms with E-state index in [-0.39, 0.29) is 19.4 Å². The summed E-state index contributed by atoms with van der Waals surface area (Å²) in [6, 6.07) is -1.02. The number of rotatable bonds is 61. The zero-order valence-corrected chi connectivity index (χ0v) is 53.6. The maximum atomic E-state index is 13.5. The van der Waals surface area contributed by atoms with Gasteiger partial charge in [0.05, 0.1) is 25.4 Å². The minimum absolute atomic E-state index is 0.129. The SMILES string of the molecule is CCCCC/C=C\C/C=C\CCCCCCCCCCC(O)C(=O)NC(COC1OC(CO)C(O)C(O)C1OC(=O)CCCCCCCCCCCCCCCCCCCCCCCCC)C(O)/C=C/CCCCCCCCCCCC. The highest BCUT2D eigenvalue weighted by atomic mass is 16.7. The largest absolute Gasteiger partial charge is 0.454 e. The summed E-state index contributed by atoms with van der Waals surface area (Å²) < 4.78 is 17.7. The lowest BCUT2D eigenvalue weighted by Gasteiger charge is -2.41. The molecule has 1 aliphatic rings. The number of aliphatic hydroxyl groups excluding tert-OH is 5. The van der Waals surface area contributed by atoms with Crippen LogP contribution in [0, 0.1) is 0 Å². The van der Waals surface area contributed by atoms with Crippen LogP contribution in [0.5, 0.6) is 0 Å². The third-order valence-corrected chi connectivity index (χ3v) is 16.8. The molecule has 0 aromatic heterocycles. The molecular formula is C71H133NO10. The van der Waals surface area contributed by atoms with Gasteiger partial charge in [-0.05, 0) is 57.8 Å². The summed E-state index contributed by atoms with van der Waals surface area (Å²) in [5, 5.41) is 57.2. The Morgan fingerprint density at radius 1 is 0.476 bits per heavy atom. The summed E-state index contributed by atoms with van der Waals surface area (Å²) in [4.78, 5) is 26.7. The summed E-state index contributed by atoms with van der Waals surface area (Å²) >= 11 is 0. The van der Waals surface area contributed by atoms with Crippen molar-refractivity contribution in [3.05, 3.63) is 36.5 Å². The fraction of sp³-hybridized carbons (Fsp3) is 0.887. The lowest BCUT2D eigenvalue weighted by atomic mass is 9.99. The number of hydrogen-bond acceptors (Lipinski definition) is 10. The Labute approximate surface area is 504 Å². The monoisotopic (exact) mass is 1160 g/mol. The highest BCUT2D eigenvalue weighted by molar-refractivity contribution is 5.80. The molecule has 1 fully saturated rings. The quantitative estimate of drug-likeness (QED) is 0.0195. The van der Waals surface area contributed by atoms with Gasteiger partial charge in [-0.2, -0.15) is 0 Å². The molecule has 0 aromatic rings. The van der Waals surface area contributed by atoms with Crippen LogP contribution in [0.15, 0.2) is 36.5 Å². The van der Waals surface area contributed by atoms with Crippen LogP contribution in [0.1, 0.15) is 342 Å². The fourth-order valence-corrected chi connectivity index (χ4v) is 11.2. The molecule has 1 saturated heterocycles. The van der Waals surface area contributed by atoms with Gasteiger partial charge in [-0.1, -0.05) is 314 Å². The number of hydrogen-bond donors (Lipinski definition) is 6. The van der Waals surface area contributed by atoms with Gasteiger partial charge in [0.25, 0.3) is 0 Å². The number of nitrogens with one attached hydrogen (secondary N) is 1. The van der Waals surface area contributed by atoms with E-state index in [0.29, 0.717) is 12.8 Å². The molecule has 1 heterocycles. The molecule has 1 rings (SSSR count). The Hall–Kier alpha value is -2.12. The molecule has 0 aromatic carbocycles. The minimum atomic E-state index is -1.61. The molecule has 0 radical (unpaired) electrons. The maximum absolute atomic E-state index is 13.5. The molecule has 8 unspecified atom stereocenters. The summed E-state index contributed by atoms with van der Waals surface area (Å²) in [5.74, 6) is -1.18. The van der Waals surface area contributed by atoms with Gasteiger partial charge in [0.15, 0.2) is 12.4 Å². The Balaban J connectivity index is 2.57. The predicted octanol–water partition coefficient (Wildman–Crippen LogP) is 17.8. The highest BCUT2D eigenvalue weighted by Gasteiger charge is 2.47. The second kappa shape index (κ2) is 59.2.